The maximum Gasteiger partial charge on any atom is 0.312 e. The first-order valence-corrected chi connectivity index (χ1v) is 3.92. The molecule has 1 aromatic heterocycles. The summed E-state index contributed by atoms with van der Waals surface area (Å²) in [4.78, 5) is 10.5. The molecular weight excluding hydrogens is 184 g/mol. The number of anilines is 1. The van der Waals surface area contributed by atoms with Gasteiger partial charge in [0.15, 0.2) is 5.69 Å². The lowest BCUT2D eigenvalue weighted by Gasteiger charge is -2.09. The lowest BCUT2D eigenvalue weighted by atomic mass is 10.2. The maximum atomic E-state index is 9.41. The summed E-state index contributed by atoms with van der Waals surface area (Å²) >= 11 is 0. The van der Waals surface area contributed by atoms with E-state index in [2.05, 4.69) is 14.8 Å². The van der Waals surface area contributed by atoms with E-state index < -0.39 is 12.2 Å². The molecule has 0 spiro atoms. The SMILES string of the molecule is [C-]#[N+]c1nc(C(O)C(C)O)cnc1N. The third kappa shape index (κ3) is 1.96. The van der Waals surface area contributed by atoms with Gasteiger partial charge in [-0.1, -0.05) is 6.57 Å². The van der Waals surface area contributed by atoms with Crippen LogP contribution in [0.2, 0.25) is 0 Å². The number of hydrogen-bond donors (Lipinski definition) is 3. The van der Waals surface area contributed by atoms with Crippen molar-refractivity contribution in [1.82, 2.24) is 9.97 Å². The van der Waals surface area contributed by atoms with E-state index in [9.17, 15) is 5.11 Å². The van der Waals surface area contributed by atoms with Crippen molar-refractivity contribution in [2.24, 2.45) is 0 Å². The second-order valence-corrected chi connectivity index (χ2v) is 2.80. The average molecular weight is 194 g/mol. The monoisotopic (exact) mass is 194 g/mol. The summed E-state index contributed by atoms with van der Waals surface area (Å²) in [6.07, 6.45) is -0.878. The fourth-order valence-corrected chi connectivity index (χ4v) is 0.874. The molecule has 1 heterocycles. The molecule has 2 unspecified atom stereocenters. The van der Waals surface area contributed by atoms with Crippen molar-refractivity contribution in [2.45, 2.75) is 19.1 Å². The van der Waals surface area contributed by atoms with E-state index in [4.69, 9.17) is 17.4 Å². The number of nitrogens with zero attached hydrogens (tertiary/aromatic N) is 3. The van der Waals surface area contributed by atoms with Crippen molar-refractivity contribution in [3.63, 3.8) is 0 Å². The first-order chi connectivity index (χ1) is 6.56. The topological polar surface area (TPSA) is 96.6 Å². The van der Waals surface area contributed by atoms with Gasteiger partial charge >= 0.3 is 5.82 Å². The van der Waals surface area contributed by atoms with Crippen LogP contribution in [0, 0.1) is 6.57 Å². The molecule has 0 aromatic carbocycles. The first-order valence-electron chi connectivity index (χ1n) is 3.92. The Labute approximate surface area is 80.9 Å². The number of rotatable bonds is 2. The van der Waals surface area contributed by atoms with Crippen molar-refractivity contribution in [3.8, 4) is 0 Å². The van der Waals surface area contributed by atoms with E-state index in [1.807, 2.05) is 0 Å². The molecule has 4 N–H and O–H groups in total. The van der Waals surface area contributed by atoms with Gasteiger partial charge in [-0.2, -0.15) is 0 Å². The van der Waals surface area contributed by atoms with Gasteiger partial charge in [-0.05, 0) is 6.92 Å². The number of aromatic nitrogens is 2. The van der Waals surface area contributed by atoms with Crippen LogP contribution in [-0.4, -0.2) is 26.3 Å². The summed E-state index contributed by atoms with van der Waals surface area (Å²) in [6.45, 7) is 8.14. The van der Waals surface area contributed by atoms with E-state index in [1.165, 1.54) is 13.1 Å². The van der Waals surface area contributed by atoms with Crippen LogP contribution in [0.15, 0.2) is 6.20 Å². The van der Waals surface area contributed by atoms with Crippen LogP contribution in [-0.2, 0) is 0 Å². The molecule has 74 valence electrons. The molecule has 1 rings (SSSR count). The fourth-order valence-electron chi connectivity index (χ4n) is 0.874. The van der Waals surface area contributed by atoms with E-state index in [1.54, 1.807) is 0 Å². The second kappa shape index (κ2) is 4.00. The summed E-state index contributed by atoms with van der Waals surface area (Å²) in [6, 6.07) is 0. The van der Waals surface area contributed by atoms with Crippen LogP contribution in [0.5, 0.6) is 0 Å². The van der Waals surface area contributed by atoms with Gasteiger partial charge in [0, 0.05) is 0 Å². The van der Waals surface area contributed by atoms with E-state index in [0.29, 0.717) is 0 Å². The Morgan fingerprint density at radius 1 is 1.57 bits per heavy atom. The van der Waals surface area contributed by atoms with E-state index in [0.717, 1.165) is 0 Å². The van der Waals surface area contributed by atoms with Crippen molar-refractivity contribution < 1.29 is 10.2 Å². The minimum absolute atomic E-state index is 0.0153. The highest BCUT2D eigenvalue weighted by atomic mass is 16.3. The van der Waals surface area contributed by atoms with Crippen molar-refractivity contribution in [3.05, 3.63) is 23.3 Å². The summed E-state index contributed by atoms with van der Waals surface area (Å²) in [5.41, 5.74) is 5.48. The van der Waals surface area contributed by atoms with Gasteiger partial charge in [-0.15, -0.1) is 4.98 Å². The maximum absolute atomic E-state index is 9.41. The lowest BCUT2D eigenvalue weighted by molar-refractivity contribution is 0.0277. The Morgan fingerprint density at radius 3 is 2.71 bits per heavy atom. The zero-order valence-electron chi connectivity index (χ0n) is 7.55. The Bertz CT molecular complexity index is 372. The quantitative estimate of drug-likeness (QED) is 0.577. The molecular formula is C8H10N4O2. The largest absolute Gasteiger partial charge is 0.391 e. The Balaban J connectivity index is 3.08. The Kier molecular flexibility index (Phi) is 2.96. The first kappa shape index (κ1) is 10.4. The highest BCUT2D eigenvalue weighted by Gasteiger charge is 2.20. The summed E-state index contributed by atoms with van der Waals surface area (Å²) in [5, 5.41) is 18.5. The molecule has 0 fully saturated rings. The average Bonchev–Trinajstić information content (AvgIpc) is 2.17. The van der Waals surface area contributed by atoms with Crippen LogP contribution in [0.4, 0.5) is 11.6 Å². The predicted octanol–water partition coefficient (Wildman–Crippen LogP) is 0.0238. The smallest absolute Gasteiger partial charge is 0.312 e. The molecule has 0 aliphatic rings. The zero-order valence-corrected chi connectivity index (χ0v) is 7.55. The Morgan fingerprint density at radius 2 is 2.21 bits per heavy atom. The highest BCUT2D eigenvalue weighted by Crippen LogP contribution is 2.20. The van der Waals surface area contributed by atoms with Crippen molar-refractivity contribution >= 4 is 11.6 Å². The minimum Gasteiger partial charge on any atom is -0.391 e. The summed E-state index contributed by atoms with van der Waals surface area (Å²) in [5.74, 6) is -0.0521. The summed E-state index contributed by atoms with van der Waals surface area (Å²) in [7, 11) is 0. The van der Waals surface area contributed by atoms with Gasteiger partial charge in [-0.3, -0.25) is 0 Å². The van der Waals surface area contributed by atoms with Crippen molar-refractivity contribution in [2.75, 3.05) is 5.73 Å². The molecule has 2 atom stereocenters. The van der Waals surface area contributed by atoms with Gasteiger partial charge in [0.2, 0.25) is 0 Å². The lowest BCUT2D eigenvalue weighted by Crippen LogP contribution is -2.15. The molecule has 0 saturated heterocycles. The number of aliphatic hydroxyl groups is 2. The molecule has 0 saturated carbocycles. The van der Waals surface area contributed by atoms with Crippen LogP contribution >= 0.6 is 0 Å². The molecule has 0 bridgehead atoms. The van der Waals surface area contributed by atoms with Crippen molar-refractivity contribution in [1.29, 1.82) is 0 Å². The normalized spacial score (nSPS) is 14.4. The molecule has 6 heteroatoms. The zero-order chi connectivity index (χ0) is 10.7. The molecule has 1 aromatic rings. The van der Waals surface area contributed by atoms with Gasteiger partial charge < -0.3 is 20.8 Å². The van der Waals surface area contributed by atoms with Gasteiger partial charge in [0.25, 0.3) is 0 Å². The third-order valence-electron chi connectivity index (χ3n) is 1.67. The molecule has 0 aliphatic heterocycles. The molecule has 0 aliphatic carbocycles. The molecule has 0 amide bonds. The number of nitrogens with two attached hydrogens (primary N) is 1. The highest BCUT2D eigenvalue weighted by molar-refractivity contribution is 5.56. The third-order valence-corrected chi connectivity index (χ3v) is 1.67. The standard InChI is InChI=1S/C8H10N4O2/c1-4(13)6(14)5-3-11-7(9)8(10-2)12-5/h3-4,6,13-14H,1H3,(H2,9,11). The van der Waals surface area contributed by atoms with Crippen LogP contribution < -0.4 is 5.73 Å². The van der Waals surface area contributed by atoms with Crippen LogP contribution in [0.1, 0.15) is 18.7 Å². The van der Waals surface area contributed by atoms with E-state index in [-0.39, 0.29) is 17.3 Å². The fraction of sp³-hybridized carbons (Fsp3) is 0.375. The van der Waals surface area contributed by atoms with Gasteiger partial charge in [0.05, 0.1) is 12.3 Å². The number of hydrogen-bond acceptors (Lipinski definition) is 5. The predicted molar refractivity (Wildman–Crippen MR) is 49.3 cm³/mol. The molecule has 14 heavy (non-hydrogen) atoms. The Hall–Kier alpha value is -1.71. The van der Waals surface area contributed by atoms with Crippen LogP contribution in [0.3, 0.4) is 0 Å². The second-order valence-electron chi connectivity index (χ2n) is 2.80. The number of nitrogen functional groups attached to an aromatic ring is 1. The number of aliphatic hydroxyl groups excluding tert-OH is 2. The molecule has 6 nitrogen and oxygen atoms in total. The minimum atomic E-state index is -1.15. The molecule has 0 radical (unpaired) electrons. The van der Waals surface area contributed by atoms with Gasteiger partial charge in [-0.25, -0.2) is 4.98 Å². The van der Waals surface area contributed by atoms with Crippen LogP contribution in [0.25, 0.3) is 4.85 Å². The van der Waals surface area contributed by atoms with Gasteiger partial charge in [0.1, 0.15) is 11.9 Å². The van der Waals surface area contributed by atoms with E-state index >= 15 is 0 Å². The summed E-state index contributed by atoms with van der Waals surface area (Å²) < 4.78 is 0.